The Labute approximate surface area is 186 Å². The average Bonchev–Trinajstić information content (AvgIpc) is 2.75. The first kappa shape index (κ1) is 21.1. The standard InChI is InChI=1S/C22H15Cl2FN2O4/c23-19-10-16(27(29)30)11-20(24)22(19)31-17-5-6-18-13(9-17)7-8-26(21(18)12-28)15-3-1-14(25)2-4-15/h1-6,9-12,21H,7-8H2. The Morgan fingerprint density at radius 2 is 1.77 bits per heavy atom. The monoisotopic (exact) mass is 460 g/mol. The maximum absolute atomic E-state index is 13.3. The van der Waals surface area contributed by atoms with E-state index in [4.69, 9.17) is 27.9 Å². The molecule has 0 saturated carbocycles. The summed E-state index contributed by atoms with van der Waals surface area (Å²) in [7, 11) is 0. The molecule has 1 aliphatic heterocycles. The zero-order chi connectivity index (χ0) is 22.1. The normalized spacial score (nSPS) is 15.3. The Kier molecular flexibility index (Phi) is 5.80. The second-order valence-corrected chi connectivity index (χ2v) is 7.77. The van der Waals surface area contributed by atoms with E-state index in [0.29, 0.717) is 18.7 Å². The Bertz CT molecular complexity index is 1150. The first-order valence-corrected chi connectivity index (χ1v) is 10.0. The van der Waals surface area contributed by atoms with Crippen molar-refractivity contribution in [3.8, 4) is 11.5 Å². The van der Waals surface area contributed by atoms with E-state index in [1.165, 1.54) is 24.3 Å². The minimum atomic E-state index is -0.590. The second-order valence-electron chi connectivity index (χ2n) is 6.96. The third kappa shape index (κ3) is 4.19. The molecule has 158 valence electrons. The first-order chi connectivity index (χ1) is 14.9. The lowest BCUT2D eigenvalue weighted by Gasteiger charge is -2.36. The molecule has 0 amide bonds. The predicted octanol–water partition coefficient (Wildman–Crippen LogP) is 6.14. The van der Waals surface area contributed by atoms with Gasteiger partial charge in [-0.1, -0.05) is 29.3 Å². The van der Waals surface area contributed by atoms with E-state index in [2.05, 4.69) is 0 Å². The van der Waals surface area contributed by atoms with Crippen LogP contribution >= 0.6 is 23.2 Å². The summed E-state index contributed by atoms with van der Waals surface area (Å²) in [4.78, 5) is 24.2. The van der Waals surface area contributed by atoms with Gasteiger partial charge in [-0.3, -0.25) is 10.1 Å². The van der Waals surface area contributed by atoms with Crippen molar-refractivity contribution in [2.45, 2.75) is 12.5 Å². The molecule has 0 aliphatic carbocycles. The van der Waals surface area contributed by atoms with E-state index in [1.807, 2.05) is 4.90 Å². The smallest absolute Gasteiger partial charge is 0.272 e. The minimum Gasteiger partial charge on any atom is -0.454 e. The van der Waals surface area contributed by atoms with Crippen molar-refractivity contribution in [1.29, 1.82) is 0 Å². The number of rotatable bonds is 5. The molecule has 0 radical (unpaired) electrons. The molecule has 6 nitrogen and oxygen atoms in total. The largest absolute Gasteiger partial charge is 0.454 e. The van der Waals surface area contributed by atoms with Gasteiger partial charge >= 0.3 is 0 Å². The molecule has 1 heterocycles. The van der Waals surface area contributed by atoms with Crippen LogP contribution in [-0.2, 0) is 11.2 Å². The zero-order valence-corrected chi connectivity index (χ0v) is 17.4. The quantitative estimate of drug-likeness (QED) is 0.260. The number of anilines is 1. The number of hydrogen-bond donors (Lipinski definition) is 0. The summed E-state index contributed by atoms with van der Waals surface area (Å²) in [6.45, 7) is 0.560. The molecule has 3 aromatic rings. The maximum atomic E-state index is 13.3. The van der Waals surface area contributed by atoms with Crippen molar-refractivity contribution < 1.29 is 18.8 Å². The molecule has 1 aliphatic rings. The summed E-state index contributed by atoms with van der Waals surface area (Å²) < 4.78 is 19.1. The topological polar surface area (TPSA) is 72.7 Å². The van der Waals surface area contributed by atoms with Crippen molar-refractivity contribution in [1.82, 2.24) is 0 Å². The molecule has 3 aromatic carbocycles. The molecule has 0 saturated heterocycles. The van der Waals surface area contributed by atoms with E-state index in [9.17, 15) is 19.3 Å². The van der Waals surface area contributed by atoms with E-state index < -0.39 is 11.0 Å². The van der Waals surface area contributed by atoms with Crippen LogP contribution in [0.2, 0.25) is 10.0 Å². The molecular weight excluding hydrogens is 446 g/mol. The summed E-state index contributed by atoms with van der Waals surface area (Å²) in [6.07, 6.45) is 1.49. The van der Waals surface area contributed by atoms with Crippen molar-refractivity contribution in [3.05, 3.63) is 91.7 Å². The molecule has 0 spiro atoms. The van der Waals surface area contributed by atoms with Gasteiger partial charge in [0.05, 0.1) is 15.0 Å². The van der Waals surface area contributed by atoms with Crippen LogP contribution in [0.25, 0.3) is 0 Å². The van der Waals surface area contributed by atoms with Crippen molar-refractivity contribution in [2.75, 3.05) is 11.4 Å². The van der Waals surface area contributed by atoms with Crippen LogP contribution in [0, 0.1) is 15.9 Å². The van der Waals surface area contributed by atoms with Gasteiger partial charge in [0, 0.05) is 24.4 Å². The molecular formula is C22H15Cl2FN2O4. The highest BCUT2D eigenvalue weighted by Crippen LogP contribution is 2.41. The molecule has 1 atom stereocenters. The van der Waals surface area contributed by atoms with E-state index >= 15 is 0 Å². The highest BCUT2D eigenvalue weighted by Gasteiger charge is 2.28. The molecule has 1 unspecified atom stereocenters. The summed E-state index contributed by atoms with van der Waals surface area (Å²) in [6, 6.07) is 13.1. The maximum Gasteiger partial charge on any atom is 0.272 e. The average molecular weight is 461 g/mol. The number of aldehydes is 1. The van der Waals surface area contributed by atoms with Crippen molar-refractivity contribution in [2.24, 2.45) is 0 Å². The van der Waals surface area contributed by atoms with Gasteiger partial charge in [0.25, 0.3) is 5.69 Å². The predicted molar refractivity (Wildman–Crippen MR) is 116 cm³/mol. The number of nitro groups is 1. The van der Waals surface area contributed by atoms with Gasteiger partial charge in [0.1, 0.15) is 23.9 Å². The number of non-ortho nitro benzene ring substituents is 1. The number of nitrogens with zero attached hydrogens (tertiary/aromatic N) is 2. The van der Waals surface area contributed by atoms with Crippen LogP contribution in [0.1, 0.15) is 17.2 Å². The number of fused-ring (bicyclic) bond motifs is 1. The Balaban J connectivity index is 1.62. The number of ether oxygens (including phenoxy) is 1. The van der Waals surface area contributed by atoms with Gasteiger partial charge < -0.3 is 14.4 Å². The molecule has 4 rings (SSSR count). The molecule has 0 fully saturated rings. The fourth-order valence-corrected chi connectivity index (χ4v) is 4.19. The fourth-order valence-electron chi connectivity index (χ4n) is 3.63. The van der Waals surface area contributed by atoms with Crippen LogP contribution in [0.15, 0.2) is 54.6 Å². The van der Waals surface area contributed by atoms with Gasteiger partial charge in [-0.2, -0.15) is 0 Å². The van der Waals surface area contributed by atoms with E-state index in [0.717, 1.165) is 23.1 Å². The second kappa shape index (κ2) is 8.53. The summed E-state index contributed by atoms with van der Waals surface area (Å²) in [5.41, 5.74) is 2.26. The lowest BCUT2D eigenvalue weighted by Crippen LogP contribution is -2.36. The number of carbonyl (C=O) groups excluding carboxylic acids is 1. The van der Waals surface area contributed by atoms with Gasteiger partial charge in [-0.25, -0.2) is 4.39 Å². The van der Waals surface area contributed by atoms with Gasteiger partial charge in [0.2, 0.25) is 0 Å². The number of nitro benzene ring substituents is 1. The SMILES string of the molecule is O=CC1c2ccc(Oc3c(Cl)cc([N+](=O)[O-])cc3Cl)cc2CCN1c1ccc(F)cc1. The third-order valence-electron chi connectivity index (χ3n) is 5.09. The van der Waals surface area contributed by atoms with Crippen LogP contribution < -0.4 is 9.64 Å². The number of halogens is 3. The van der Waals surface area contributed by atoms with Gasteiger partial charge in [-0.05, 0) is 53.9 Å². The highest BCUT2D eigenvalue weighted by atomic mass is 35.5. The molecule has 9 heteroatoms. The van der Waals surface area contributed by atoms with E-state index in [1.54, 1.807) is 30.3 Å². The van der Waals surface area contributed by atoms with Crippen LogP contribution in [0.4, 0.5) is 15.8 Å². The first-order valence-electron chi connectivity index (χ1n) is 9.29. The lowest BCUT2D eigenvalue weighted by molar-refractivity contribution is -0.384. The van der Waals surface area contributed by atoms with Crippen LogP contribution in [0.5, 0.6) is 11.5 Å². The van der Waals surface area contributed by atoms with E-state index in [-0.39, 0.29) is 27.3 Å². The van der Waals surface area contributed by atoms with Gasteiger partial charge in [-0.15, -0.1) is 0 Å². The molecule has 0 aromatic heterocycles. The third-order valence-corrected chi connectivity index (χ3v) is 5.65. The number of hydrogen-bond acceptors (Lipinski definition) is 5. The minimum absolute atomic E-state index is 0.0187. The summed E-state index contributed by atoms with van der Waals surface area (Å²) in [5.74, 6) is 0.218. The Morgan fingerprint density at radius 3 is 2.39 bits per heavy atom. The van der Waals surface area contributed by atoms with Crippen molar-refractivity contribution >= 4 is 40.9 Å². The number of carbonyl (C=O) groups is 1. The Morgan fingerprint density at radius 1 is 1.10 bits per heavy atom. The molecule has 0 bridgehead atoms. The lowest BCUT2D eigenvalue weighted by atomic mass is 9.92. The summed E-state index contributed by atoms with van der Waals surface area (Å²) in [5, 5.41) is 11.0. The molecule has 31 heavy (non-hydrogen) atoms. The van der Waals surface area contributed by atoms with Crippen LogP contribution in [0.3, 0.4) is 0 Å². The summed E-state index contributed by atoms with van der Waals surface area (Å²) >= 11 is 12.2. The van der Waals surface area contributed by atoms with Crippen molar-refractivity contribution in [3.63, 3.8) is 0 Å². The van der Waals surface area contributed by atoms with Crippen LogP contribution in [-0.4, -0.2) is 17.8 Å². The van der Waals surface area contributed by atoms with Gasteiger partial charge in [0.15, 0.2) is 5.75 Å². The zero-order valence-electron chi connectivity index (χ0n) is 15.9. The Hall–Kier alpha value is -3.16. The molecule has 0 N–H and O–H groups in total. The highest BCUT2D eigenvalue weighted by molar-refractivity contribution is 6.37. The fraction of sp³-hybridized carbons (Fsp3) is 0.136. The number of benzene rings is 3.